The van der Waals surface area contributed by atoms with Crippen LogP contribution >= 0.6 is 22.6 Å². The fraction of sp³-hybridized carbons (Fsp3) is 0.846. The number of rotatable bonds is 4. The van der Waals surface area contributed by atoms with Gasteiger partial charge in [0.05, 0.1) is 6.04 Å². The van der Waals surface area contributed by atoms with E-state index < -0.39 is 23.4 Å². The van der Waals surface area contributed by atoms with Crippen molar-refractivity contribution in [1.82, 2.24) is 10.6 Å². The van der Waals surface area contributed by atoms with Gasteiger partial charge in [0.2, 0.25) is 0 Å². The van der Waals surface area contributed by atoms with Crippen molar-refractivity contribution in [3.8, 4) is 0 Å². The van der Waals surface area contributed by atoms with Crippen LogP contribution in [0.1, 0.15) is 41.5 Å². The highest BCUT2D eigenvalue weighted by molar-refractivity contribution is 14.1. The van der Waals surface area contributed by atoms with Crippen LogP contribution in [0.15, 0.2) is 0 Å². The molecule has 118 valence electrons. The third kappa shape index (κ3) is 11.1. The molecular formula is C13H25IN2O4. The van der Waals surface area contributed by atoms with Gasteiger partial charge in [-0.25, -0.2) is 9.59 Å². The average molecular weight is 400 g/mol. The summed E-state index contributed by atoms with van der Waals surface area (Å²) in [6.45, 7) is 11.1. The van der Waals surface area contributed by atoms with E-state index in [9.17, 15) is 9.59 Å². The minimum atomic E-state index is -0.543. The molecule has 2 amide bonds. The molecule has 20 heavy (non-hydrogen) atoms. The highest BCUT2D eigenvalue weighted by Crippen LogP contribution is 2.08. The second-order valence-corrected chi connectivity index (χ2v) is 7.26. The van der Waals surface area contributed by atoms with Gasteiger partial charge in [-0.1, -0.05) is 22.6 Å². The molecule has 0 fully saturated rings. The van der Waals surface area contributed by atoms with E-state index in [0.29, 0.717) is 4.43 Å². The number of hydrogen-bond donors (Lipinski definition) is 2. The third-order valence-corrected chi connectivity index (χ3v) is 2.86. The number of carbonyl (C=O) groups excluding carboxylic acids is 2. The molecule has 2 N–H and O–H groups in total. The summed E-state index contributed by atoms with van der Waals surface area (Å²) in [5.74, 6) is 0. The van der Waals surface area contributed by atoms with E-state index in [1.807, 2.05) is 0 Å². The van der Waals surface area contributed by atoms with Crippen molar-refractivity contribution in [2.45, 2.75) is 58.8 Å². The van der Waals surface area contributed by atoms with E-state index in [4.69, 9.17) is 9.47 Å². The SMILES string of the molecule is CC(C)(C)OC(=O)NC[C@H](CI)NC(=O)OC(C)(C)C. The quantitative estimate of drug-likeness (QED) is 0.562. The first-order valence-electron chi connectivity index (χ1n) is 6.45. The number of ether oxygens (including phenoxy) is 2. The van der Waals surface area contributed by atoms with E-state index >= 15 is 0 Å². The summed E-state index contributed by atoms with van der Waals surface area (Å²) in [6, 6.07) is -0.210. The fourth-order valence-electron chi connectivity index (χ4n) is 1.14. The minimum absolute atomic E-state index is 0.210. The Morgan fingerprint density at radius 3 is 1.85 bits per heavy atom. The van der Waals surface area contributed by atoms with Gasteiger partial charge in [0.1, 0.15) is 11.2 Å². The highest BCUT2D eigenvalue weighted by atomic mass is 127. The molecule has 0 aliphatic carbocycles. The molecule has 0 heterocycles. The second-order valence-electron chi connectivity index (χ2n) is 6.38. The Hall–Kier alpha value is -0.730. The molecule has 0 unspecified atom stereocenters. The lowest BCUT2D eigenvalue weighted by molar-refractivity contribution is 0.0470. The van der Waals surface area contributed by atoms with Crippen molar-refractivity contribution in [3.63, 3.8) is 0 Å². The Bertz CT molecular complexity index is 334. The average Bonchev–Trinajstić information content (AvgIpc) is 2.18. The lowest BCUT2D eigenvalue weighted by Crippen LogP contribution is -2.47. The van der Waals surface area contributed by atoms with Crippen LogP contribution in [0.3, 0.4) is 0 Å². The lowest BCUT2D eigenvalue weighted by Gasteiger charge is -2.24. The summed E-state index contributed by atoms with van der Waals surface area (Å²) in [6.07, 6.45) is -0.997. The number of hydrogen-bond acceptors (Lipinski definition) is 4. The van der Waals surface area contributed by atoms with Gasteiger partial charge in [-0.2, -0.15) is 0 Å². The first-order valence-corrected chi connectivity index (χ1v) is 7.98. The minimum Gasteiger partial charge on any atom is -0.444 e. The maximum atomic E-state index is 11.6. The monoisotopic (exact) mass is 400 g/mol. The van der Waals surface area contributed by atoms with Gasteiger partial charge < -0.3 is 20.1 Å². The Balaban J connectivity index is 4.17. The van der Waals surface area contributed by atoms with Crippen molar-refractivity contribution < 1.29 is 19.1 Å². The molecule has 0 bridgehead atoms. The van der Waals surface area contributed by atoms with Crippen LogP contribution in [0.25, 0.3) is 0 Å². The summed E-state index contributed by atoms with van der Waals surface area (Å²) < 4.78 is 10.9. The summed E-state index contributed by atoms with van der Waals surface area (Å²) in [5, 5.41) is 5.32. The van der Waals surface area contributed by atoms with E-state index in [1.165, 1.54) is 0 Å². The molecule has 0 aliphatic rings. The number of nitrogens with one attached hydrogen (secondary N) is 2. The number of alkyl carbamates (subject to hydrolysis) is 2. The largest absolute Gasteiger partial charge is 0.444 e. The lowest BCUT2D eigenvalue weighted by atomic mass is 10.2. The van der Waals surface area contributed by atoms with Crippen LogP contribution in [-0.4, -0.2) is 40.4 Å². The molecule has 0 aliphatic heterocycles. The van der Waals surface area contributed by atoms with Crippen molar-refractivity contribution in [1.29, 1.82) is 0 Å². The summed E-state index contributed by atoms with van der Waals surface area (Å²) in [7, 11) is 0. The normalized spacial score (nSPS) is 13.3. The van der Waals surface area contributed by atoms with Crippen molar-refractivity contribution in [2.75, 3.05) is 11.0 Å². The fourth-order valence-corrected chi connectivity index (χ4v) is 1.67. The molecular weight excluding hydrogens is 375 g/mol. The topological polar surface area (TPSA) is 76.7 Å². The van der Waals surface area contributed by atoms with E-state index in [0.717, 1.165) is 0 Å². The Morgan fingerprint density at radius 2 is 1.45 bits per heavy atom. The van der Waals surface area contributed by atoms with E-state index in [1.54, 1.807) is 41.5 Å². The smallest absolute Gasteiger partial charge is 0.407 e. The van der Waals surface area contributed by atoms with Gasteiger partial charge in [0.25, 0.3) is 0 Å². The summed E-state index contributed by atoms with van der Waals surface area (Å²) >= 11 is 2.13. The van der Waals surface area contributed by atoms with E-state index in [2.05, 4.69) is 33.2 Å². The molecule has 0 rings (SSSR count). The van der Waals surface area contributed by atoms with Gasteiger partial charge in [-0.15, -0.1) is 0 Å². The van der Waals surface area contributed by atoms with Crippen LogP contribution in [0.2, 0.25) is 0 Å². The number of amides is 2. The Kier molecular flexibility index (Phi) is 7.61. The van der Waals surface area contributed by atoms with Crippen LogP contribution < -0.4 is 10.6 Å². The van der Waals surface area contributed by atoms with Gasteiger partial charge in [-0.05, 0) is 41.5 Å². The molecule has 1 atom stereocenters. The van der Waals surface area contributed by atoms with Gasteiger partial charge in [-0.3, -0.25) is 0 Å². The first-order chi connectivity index (χ1) is 8.93. The molecule has 0 aromatic heterocycles. The first kappa shape index (κ1) is 19.3. The van der Waals surface area contributed by atoms with Crippen molar-refractivity contribution in [3.05, 3.63) is 0 Å². The van der Waals surface area contributed by atoms with Crippen molar-refractivity contribution in [2.24, 2.45) is 0 Å². The molecule has 0 aromatic carbocycles. The predicted octanol–water partition coefficient (Wildman–Crippen LogP) is 2.84. The Morgan fingerprint density at radius 1 is 1.00 bits per heavy atom. The van der Waals surface area contributed by atoms with Crippen molar-refractivity contribution >= 4 is 34.8 Å². The molecule has 0 aromatic rings. The molecule has 0 radical (unpaired) electrons. The zero-order valence-electron chi connectivity index (χ0n) is 13.0. The standard InChI is InChI=1S/C13H25IN2O4/c1-12(2,3)19-10(17)15-8-9(7-14)16-11(18)20-13(4,5)6/h9H,7-8H2,1-6H3,(H,15,17)(H,16,18)/t9-/m0/s1. The number of alkyl halides is 1. The van der Waals surface area contributed by atoms with E-state index in [-0.39, 0.29) is 12.6 Å². The molecule has 6 nitrogen and oxygen atoms in total. The number of halogens is 1. The molecule has 0 spiro atoms. The maximum Gasteiger partial charge on any atom is 0.407 e. The van der Waals surface area contributed by atoms with Crippen LogP contribution in [0.5, 0.6) is 0 Å². The predicted molar refractivity (Wildman–Crippen MR) is 86.3 cm³/mol. The Labute approximate surface area is 134 Å². The van der Waals surface area contributed by atoms with Gasteiger partial charge in [0, 0.05) is 11.0 Å². The van der Waals surface area contributed by atoms with Gasteiger partial charge >= 0.3 is 12.2 Å². The molecule has 0 saturated carbocycles. The summed E-state index contributed by atoms with van der Waals surface area (Å²) in [4.78, 5) is 23.1. The van der Waals surface area contributed by atoms with Crippen LogP contribution in [0, 0.1) is 0 Å². The number of carbonyl (C=O) groups is 2. The van der Waals surface area contributed by atoms with Gasteiger partial charge in [0.15, 0.2) is 0 Å². The maximum absolute atomic E-state index is 11.6. The zero-order chi connectivity index (χ0) is 16.0. The molecule has 7 heteroatoms. The summed E-state index contributed by atoms with van der Waals surface area (Å²) in [5.41, 5.74) is -1.08. The molecule has 0 saturated heterocycles. The third-order valence-electron chi connectivity index (χ3n) is 1.80. The zero-order valence-corrected chi connectivity index (χ0v) is 15.2. The highest BCUT2D eigenvalue weighted by Gasteiger charge is 2.20. The van der Waals surface area contributed by atoms with Crippen LogP contribution in [0.4, 0.5) is 9.59 Å². The second kappa shape index (κ2) is 7.90. The van der Waals surface area contributed by atoms with Crippen LogP contribution in [-0.2, 0) is 9.47 Å².